The average Bonchev–Trinajstić information content (AvgIpc) is 2.98. The van der Waals surface area contributed by atoms with Crippen molar-refractivity contribution in [3.05, 3.63) is 16.6 Å². The van der Waals surface area contributed by atoms with Crippen LogP contribution in [0.2, 0.25) is 0 Å². The maximum atomic E-state index is 11.7. The van der Waals surface area contributed by atoms with Gasteiger partial charge < -0.3 is 16.3 Å². The second kappa shape index (κ2) is 4.48. The molecule has 7 heteroatoms. The van der Waals surface area contributed by atoms with E-state index in [-0.39, 0.29) is 23.7 Å². The molecule has 6 nitrogen and oxygen atoms in total. The van der Waals surface area contributed by atoms with Crippen LogP contribution in [-0.2, 0) is 0 Å². The maximum Gasteiger partial charge on any atom is 0.263 e. The van der Waals surface area contributed by atoms with Crippen LogP contribution in [-0.4, -0.2) is 28.0 Å². The number of oxime groups is 1. The van der Waals surface area contributed by atoms with Gasteiger partial charge in [-0.25, -0.2) is 0 Å². The molecule has 0 radical (unpaired) electrons. The van der Waals surface area contributed by atoms with Gasteiger partial charge in [0.05, 0.1) is 17.7 Å². The van der Waals surface area contributed by atoms with Crippen molar-refractivity contribution in [1.29, 1.82) is 0 Å². The fourth-order valence-corrected chi connectivity index (χ4v) is 1.99. The Morgan fingerprint density at radius 2 is 2.50 bits per heavy atom. The van der Waals surface area contributed by atoms with E-state index in [0.29, 0.717) is 4.88 Å². The minimum absolute atomic E-state index is 0.0559. The number of carbonyl (C=O) groups is 1. The topological polar surface area (TPSA) is 101 Å². The summed E-state index contributed by atoms with van der Waals surface area (Å²) in [6.45, 7) is 0. The molecule has 0 saturated heterocycles. The molecule has 1 unspecified atom stereocenters. The van der Waals surface area contributed by atoms with Crippen LogP contribution in [0.15, 0.2) is 16.9 Å². The van der Waals surface area contributed by atoms with Crippen LogP contribution < -0.4 is 11.1 Å². The number of thiazole rings is 1. The van der Waals surface area contributed by atoms with Gasteiger partial charge in [-0.3, -0.25) is 9.78 Å². The number of nitrogens with two attached hydrogens (primary N) is 1. The first-order valence-corrected chi connectivity index (χ1v) is 5.77. The van der Waals surface area contributed by atoms with E-state index in [9.17, 15) is 4.79 Å². The Balaban J connectivity index is 2.03. The van der Waals surface area contributed by atoms with Gasteiger partial charge in [-0.1, -0.05) is 5.16 Å². The Bertz CT molecular complexity index is 400. The van der Waals surface area contributed by atoms with Crippen molar-refractivity contribution in [2.75, 3.05) is 0 Å². The molecule has 1 fully saturated rings. The minimum Gasteiger partial charge on any atom is -0.409 e. The molecule has 1 aliphatic rings. The van der Waals surface area contributed by atoms with E-state index in [1.54, 1.807) is 5.51 Å². The van der Waals surface area contributed by atoms with Crippen LogP contribution in [0.3, 0.4) is 0 Å². The number of amidine groups is 1. The highest BCUT2D eigenvalue weighted by molar-refractivity contribution is 7.11. The summed E-state index contributed by atoms with van der Waals surface area (Å²) in [4.78, 5) is 16.1. The predicted molar refractivity (Wildman–Crippen MR) is 59.5 cm³/mol. The molecule has 0 aliphatic heterocycles. The summed E-state index contributed by atoms with van der Waals surface area (Å²) in [5.41, 5.74) is 7.12. The fourth-order valence-electron chi connectivity index (χ4n) is 1.47. The average molecular weight is 240 g/mol. The lowest BCUT2D eigenvalue weighted by Gasteiger charge is -2.15. The second-order valence-electron chi connectivity index (χ2n) is 3.68. The smallest absolute Gasteiger partial charge is 0.263 e. The number of aromatic nitrogens is 1. The number of amides is 1. The number of hydrogen-bond donors (Lipinski definition) is 3. The van der Waals surface area contributed by atoms with Crippen LogP contribution in [0, 0.1) is 5.92 Å². The molecular weight excluding hydrogens is 228 g/mol. The van der Waals surface area contributed by atoms with Gasteiger partial charge in [0, 0.05) is 0 Å². The predicted octanol–water partition coefficient (Wildman–Crippen LogP) is 0.398. The zero-order chi connectivity index (χ0) is 11.5. The maximum absolute atomic E-state index is 11.7. The molecule has 1 atom stereocenters. The molecule has 0 aromatic carbocycles. The largest absolute Gasteiger partial charge is 0.409 e. The Hall–Kier alpha value is -1.63. The van der Waals surface area contributed by atoms with Crippen LogP contribution in [0.5, 0.6) is 0 Å². The fraction of sp³-hybridized carbons (Fsp3) is 0.444. The number of hydrogen-bond acceptors (Lipinski definition) is 5. The number of carbonyl (C=O) groups excluding carboxylic acids is 1. The summed E-state index contributed by atoms with van der Waals surface area (Å²) in [6, 6.07) is -0.375. The molecule has 86 valence electrons. The molecule has 0 spiro atoms. The van der Waals surface area contributed by atoms with Gasteiger partial charge in [0.2, 0.25) is 0 Å². The minimum atomic E-state index is -0.375. The third-order valence-corrected chi connectivity index (χ3v) is 3.24. The third-order valence-electron chi connectivity index (χ3n) is 2.47. The molecule has 16 heavy (non-hydrogen) atoms. The SMILES string of the molecule is NC(=NO)C(NC(=O)c1cncs1)C1CC1. The summed E-state index contributed by atoms with van der Waals surface area (Å²) < 4.78 is 0. The van der Waals surface area contributed by atoms with Gasteiger partial charge in [0.1, 0.15) is 4.88 Å². The molecule has 2 rings (SSSR count). The molecule has 1 aromatic heterocycles. The van der Waals surface area contributed by atoms with Crippen LogP contribution in [0.1, 0.15) is 22.5 Å². The van der Waals surface area contributed by atoms with Gasteiger partial charge in [-0.2, -0.15) is 0 Å². The van der Waals surface area contributed by atoms with Crippen molar-refractivity contribution in [2.24, 2.45) is 16.8 Å². The Labute approximate surface area is 96.2 Å². The normalized spacial score (nSPS) is 18.1. The van der Waals surface area contributed by atoms with Crippen molar-refractivity contribution in [3.63, 3.8) is 0 Å². The van der Waals surface area contributed by atoms with Gasteiger partial charge in [-0.05, 0) is 18.8 Å². The van der Waals surface area contributed by atoms with Crippen LogP contribution in [0.4, 0.5) is 0 Å². The van der Waals surface area contributed by atoms with E-state index in [2.05, 4.69) is 15.5 Å². The van der Waals surface area contributed by atoms with Crippen molar-refractivity contribution < 1.29 is 10.0 Å². The first-order valence-electron chi connectivity index (χ1n) is 4.89. The summed E-state index contributed by atoms with van der Waals surface area (Å²) in [5, 5.41) is 14.3. The quantitative estimate of drug-likeness (QED) is 0.307. The number of nitrogens with zero attached hydrogens (tertiary/aromatic N) is 2. The highest BCUT2D eigenvalue weighted by atomic mass is 32.1. The van der Waals surface area contributed by atoms with Crippen molar-refractivity contribution in [2.45, 2.75) is 18.9 Å². The summed E-state index contributed by atoms with van der Waals surface area (Å²) >= 11 is 1.26. The van der Waals surface area contributed by atoms with Crippen LogP contribution >= 0.6 is 11.3 Å². The lowest BCUT2D eigenvalue weighted by atomic mass is 10.1. The van der Waals surface area contributed by atoms with Crippen molar-refractivity contribution >= 4 is 23.1 Å². The molecular formula is C9H12N4O2S. The van der Waals surface area contributed by atoms with Gasteiger partial charge in [0.15, 0.2) is 5.84 Å². The third kappa shape index (κ3) is 2.30. The summed E-state index contributed by atoms with van der Waals surface area (Å²) in [6.07, 6.45) is 3.48. The molecule has 1 amide bonds. The van der Waals surface area contributed by atoms with Gasteiger partial charge in [-0.15, -0.1) is 11.3 Å². The molecule has 0 bridgehead atoms. The zero-order valence-electron chi connectivity index (χ0n) is 8.46. The highest BCUT2D eigenvalue weighted by Gasteiger charge is 2.35. The first kappa shape index (κ1) is 10.9. The molecule has 4 N–H and O–H groups in total. The van der Waals surface area contributed by atoms with E-state index in [1.165, 1.54) is 17.5 Å². The van der Waals surface area contributed by atoms with Crippen molar-refractivity contribution in [3.8, 4) is 0 Å². The van der Waals surface area contributed by atoms with Gasteiger partial charge >= 0.3 is 0 Å². The van der Waals surface area contributed by atoms with Crippen LogP contribution in [0.25, 0.3) is 0 Å². The van der Waals surface area contributed by atoms with E-state index < -0.39 is 0 Å². The van der Waals surface area contributed by atoms with Crippen molar-refractivity contribution in [1.82, 2.24) is 10.3 Å². The monoisotopic (exact) mass is 240 g/mol. The molecule has 1 saturated carbocycles. The van der Waals surface area contributed by atoms with E-state index in [0.717, 1.165) is 12.8 Å². The number of rotatable bonds is 4. The lowest BCUT2D eigenvalue weighted by molar-refractivity contribution is 0.0947. The first-order chi connectivity index (χ1) is 7.72. The number of nitrogens with one attached hydrogen (secondary N) is 1. The molecule has 1 aliphatic carbocycles. The van der Waals surface area contributed by atoms with Gasteiger partial charge in [0.25, 0.3) is 5.91 Å². The standard InChI is InChI=1S/C9H12N4O2S/c10-8(13-15)7(5-1-2-5)12-9(14)6-3-11-4-16-6/h3-5,7,15H,1-2H2,(H2,10,13)(H,12,14). The second-order valence-corrected chi connectivity index (χ2v) is 4.57. The summed E-state index contributed by atoms with van der Waals surface area (Å²) in [7, 11) is 0. The Kier molecular flexibility index (Phi) is 3.04. The van der Waals surface area contributed by atoms with E-state index >= 15 is 0 Å². The van der Waals surface area contributed by atoms with E-state index in [4.69, 9.17) is 10.9 Å². The lowest BCUT2D eigenvalue weighted by Crippen LogP contribution is -2.45. The summed E-state index contributed by atoms with van der Waals surface area (Å²) in [5.74, 6) is 0.110. The molecule has 1 aromatic rings. The zero-order valence-corrected chi connectivity index (χ0v) is 9.28. The molecule has 1 heterocycles. The Morgan fingerprint density at radius 3 is 3.00 bits per heavy atom. The highest BCUT2D eigenvalue weighted by Crippen LogP contribution is 2.32. The Morgan fingerprint density at radius 1 is 1.75 bits per heavy atom. The van der Waals surface area contributed by atoms with E-state index in [1.807, 2.05) is 0 Å².